The maximum Gasteiger partial charge on any atom is 0.262 e. The first-order valence-electron chi connectivity index (χ1n) is 12.4. The van der Waals surface area contributed by atoms with E-state index in [0.29, 0.717) is 17.8 Å². The second-order valence-corrected chi connectivity index (χ2v) is 10.5. The SMILES string of the molecule is O=C1c2ccccc2C(=O)N1CC(=O)N1c2ccccc2N(Cc2cccc(O)c2)C(=O)CC1CCC[IH+]. The number of phenols is 1. The van der Waals surface area contributed by atoms with Gasteiger partial charge in [0, 0.05) is 12.5 Å². The van der Waals surface area contributed by atoms with Crippen LogP contribution < -0.4 is 32.4 Å². The highest BCUT2D eigenvalue weighted by Gasteiger charge is 2.40. The van der Waals surface area contributed by atoms with Crippen LogP contribution in [0.2, 0.25) is 0 Å². The lowest BCUT2D eigenvalue weighted by Gasteiger charge is -2.31. The molecule has 0 saturated carbocycles. The molecule has 2 aliphatic rings. The zero-order valence-corrected chi connectivity index (χ0v) is 22.9. The number of rotatable bonds is 7. The first-order chi connectivity index (χ1) is 18.4. The molecule has 0 saturated heterocycles. The average molecular weight is 624 g/mol. The van der Waals surface area contributed by atoms with Crippen molar-refractivity contribution >= 4 is 35.0 Å². The number of hydrogen-bond acceptors (Lipinski definition) is 5. The van der Waals surface area contributed by atoms with Crippen molar-refractivity contribution in [1.29, 1.82) is 0 Å². The Hall–Kier alpha value is -3.73. The molecule has 2 heterocycles. The lowest BCUT2D eigenvalue weighted by molar-refractivity contribution is -0.368. The van der Waals surface area contributed by atoms with Crippen LogP contribution in [0.5, 0.6) is 5.75 Å². The van der Waals surface area contributed by atoms with Gasteiger partial charge in [-0.2, -0.15) is 0 Å². The summed E-state index contributed by atoms with van der Waals surface area (Å²) in [6, 6.07) is 20.1. The summed E-state index contributed by atoms with van der Waals surface area (Å²) in [5.74, 6) is -1.43. The van der Waals surface area contributed by atoms with Gasteiger partial charge in [0.25, 0.3) is 34.4 Å². The highest BCUT2D eigenvalue weighted by Crippen LogP contribution is 2.37. The maximum absolute atomic E-state index is 13.9. The quantitative estimate of drug-likeness (QED) is 0.233. The summed E-state index contributed by atoms with van der Waals surface area (Å²) in [6.45, 7) is -0.184. The molecule has 0 aromatic heterocycles. The number of nitrogens with zero attached hydrogens (tertiary/aromatic N) is 3. The van der Waals surface area contributed by atoms with Gasteiger partial charge >= 0.3 is 0 Å². The van der Waals surface area contributed by atoms with E-state index in [1.807, 2.05) is 28.7 Å². The van der Waals surface area contributed by atoms with E-state index in [4.69, 9.17) is 0 Å². The monoisotopic (exact) mass is 624 g/mol. The molecule has 1 N–H and O–H groups in total. The first kappa shape index (κ1) is 25.9. The summed E-state index contributed by atoms with van der Waals surface area (Å²) < 4.78 is 0.899. The van der Waals surface area contributed by atoms with Crippen LogP contribution in [0, 0.1) is 0 Å². The molecule has 0 fully saturated rings. The van der Waals surface area contributed by atoms with E-state index in [1.54, 1.807) is 76.5 Å². The van der Waals surface area contributed by atoms with E-state index in [-0.39, 0.29) is 35.7 Å². The predicted octanol–water partition coefficient (Wildman–Crippen LogP) is 0.393. The number of phenolic OH excluding ortho intramolecular Hbond substituents is 1. The molecule has 3 aromatic carbocycles. The van der Waals surface area contributed by atoms with Crippen LogP contribution >= 0.6 is 0 Å². The minimum absolute atomic E-state index is 0.0997. The van der Waals surface area contributed by atoms with Gasteiger partial charge in [0.15, 0.2) is 0 Å². The van der Waals surface area contributed by atoms with Crippen LogP contribution in [0.15, 0.2) is 72.8 Å². The van der Waals surface area contributed by atoms with Crippen LogP contribution in [-0.4, -0.2) is 50.6 Å². The van der Waals surface area contributed by atoms with Gasteiger partial charge in [-0.1, -0.05) is 36.4 Å². The third kappa shape index (κ3) is 4.90. The lowest BCUT2D eigenvalue weighted by atomic mass is 10.1. The minimum atomic E-state index is -0.491. The Labute approximate surface area is 234 Å². The van der Waals surface area contributed by atoms with Crippen molar-refractivity contribution in [1.82, 2.24) is 4.90 Å². The summed E-state index contributed by atoms with van der Waals surface area (Å²) in [5, 5.41) is 9.94. The number of carbonyl (C=O) groups excluding carboxylic acids is 4. The van der Waals surface area contributed by atoms with Gasteiger partial charge in [-0.3, -0.25) is 24.1 Å². The van der Waals surface area contributed by atoms with Crippen molar-refractivity contribution in [2.24, 2.45) is 0 Å². The van der Waals surface area contributed by atoms with E-state index in [2.05, 4.69) is 0 Å². The Bertz CT molecular complexity index is 1390. The molecule has 2 aliphatic heterocycles. The van der Waals surface area contributed by atoms with Crippen molar-refractivity contribution in [3.8, 4) is 5.75 Å². The number of para-hydroxylation sites is 2. The van der Waals surface area contributed by atoms with Crippen molar-refractivity contribution in [2.45, 2.75) is 31.8 Å². The Balaban J connectivity index is 1.51. The second-order valence-electron chi connectivity index (χ2n) is 9.35. The fraction of sp³-hybridized carbons (Fsp3) is 0.241. The third-order valence-electron chi connectivity index (χ3n) is 6.88. The smallest absolute Gasteiger partial charge is 0.262 e. The highest BCUT2D eigenvalue weighted by molar-refractivity contribution is 6.23. The number of benzene rings is 3. The average Bonchev–Trinajstić information content (AvgIpc) is 3.08. The summed E-state index contributed by atoms with van der Waals surface area (Å²) in [5.41, 5.74) is 2.46. The molecule has 3 aromatic rings. The molecule has 0 spiro atoms. The standard InChI is InChI=1S/C29H26IN3O5/c30-14-6-8-20-16-26(35)31(17-19-7-5-9-21(34)15-19)24-12-3-4-13-25(24)33(20)27(36)18-32-28(37)22-10-1-2-11-23(22)29(32)38/h1-5,7,9-13,15,20,30H,6,8,14,16-18H2/p+1. The zero-order chi connectivity index (χ0) is 26.8. The number of hydrogen-bond donors (Lipinski definition) is 1. The van der Waals surface area contributed by atoms with Crippen molar-refractivity contribution < 1.29 is 46.9 Å². The van der Waals surface area contributed by atoms with Gasteiger partial charge in [-0.25, -0.2) is 0 Å². The zero-order valence-electron chi connectivity index (χ0n) is 20.6. The minimum Gasteiger partial charge on any atom is -0.508 e. The molecular formula is C29H27IN3O5+. The molecule has 38 heavy (non-hydrogen) atoms. The molecule has 0 bridgehead atoms. The summed E-state index contributed by atoms with van der Waals surface area (Å²) in [4.78, 5) is 57.7. The fourth-order valence-electron chi connectivity index (χ4n) is 5.12. The normalized spacial score (nSPS) is 16.9. The second kappa shape index (κ2) is 10.9. The molecule has 1 atom stereocenters. The molecule has 9 heteroatoms. The molecule has 8 nitrogen and oxygen atoms in total. The summed E-state index contributed by atoms with van der Waals surface area (Å²) >= 11 is 1.97. The van der Waals surface area contributed by atoms with Crippen LogP contribution in [-0.2, 0) is 16.1 Å². The van der Waals surface area contributed by atoms with Crippen molar-refractivity contribution in [3.05, 3.63) is 89.5 Å². The van der Waals surface area contributed by atoms with Crippen LogP contribution in [0.25, 0.3) is 0 Å². The summed E-state index contributed by atoms with van der Waals surface area (Å²) in [6.07, 6.45) is 1.52. The number of carbonyl (C=O) groups is 4. The Morgan fingerprint density at radius 1 is 0.868 bits per heavy atom. The van der Waals surface area contributed by atoms with Gasteiger partial charge in [0.05, 0.1) is 29.0 Å². The predicted molar refractivity (Wildman–Crippen MR) is 139 cm³/mol. The number of fused-ring (bicyclic) bond motifs is 2. The Morgan fingerprint density at radius 3 is 2.18 bits per heavy atom. The van der Waals surface area contributed by atoms with Crippen LogP contribution in [0.3, 0.4) is 0 Å². The van der Waals surface area contributed by atoms with E-state index in [9.17, 15) is 24.3 Å². The number of halogens is 1. The number of alkyl halides is 1. The van der Waals surface area contributed by atoms with Gasteiger partial charge in [-0.05, 0) is 54.8 Å². The number of anilines is 2. The molecule has 0 aliphatic carbocycles. The highest BCUT2D eigenvalue weighted by atomic mass is 127. The topological polar surface area (TPSA) is 98.2 Å². The fourth-order valence-corrected chi connectivity index (χ4v) is 5.60. The molecule has 1 unspecified atom stereocenters. The van der Waals surface area contributed by atoms with Crippen molar-refractivity contribution in [3.63, 3.8) is 0 Å². The first-order valence-corrected chi connectivity index (χ1v) is 14.1. The number of imide groups is 1. The third-order valence-corrected chi connectivity index (χ3v) is 7.71. The molecule has 0 radical (unpaired) electrons. The largest absolute Gasteiger partial charge is 0.508 e. The van der Waals surface area contributed by atoms with E-state index >= 15 is 0 Å². The van der Waals surface area contributed by atoms with Crippen LogP contribution in [0.1, 0.15) is 45.5 Å². The van der Waals surface area contributed by atoms with Gasteiger partial charge in [0.1, 0.15) is 16.7 Å². The van der Waals surface area contributed by atoms with E-state index in [1.165, 1.54) is 0 Å². The van der Waals surface area contributed by atoms with Crippen LogP contribution in [0.4, 0.5) is 11.4 Å². The Morgan fingerprint density at radius 2 is 1.53 bits per heavy atom. The van der Waals surface area contributed by atoms with Gasteiger partial charge in [-0.15, -0.1) is 0 Å². The lowest BCUT2D eigenvalue weighted by Crippen LogP contribution is -3.35. The van der Waals surface area contributed by atoms with Gasteiger partial charge < -0.3 is 14.9 Å². The molecule has 5 rings (SSSR count). The number of amides is 4. The Kier molecular flexibility index (Phi) is 7.46. The molecule has 194 valence electrons. The van der Waals surface area contributed by atoms with Gasteiger partial charge in [0.2, 0.25) is 11.8 Å². The molecular weight excluding hydrogens is 597 g/mol. The van der Waals surface area contributed by atoms with Crippen molar-refractivity contribution in [2.75, 3.05) is 20.8 Å². The summed E-state index contributed by atoms with van der Waals surface area (Å²) in [7, 11) is 0. The van der Waals surface area contributed by atoms with E-state index < -0.39 is 30.3 Å². The molecule has 4 amide bonds. The number of aromatic hydroxyl groups is 1. The van der Waals surface area contributed by atoms with E-state index in [0.717, 1.165) is 21.3 Å². The maximum atomic E-state index is 13.9.